The van der Waals surface area contributed by atoms with Gasteiger partial charge in [-0.05, 0) is 53.8 Å². The number of fused-ring (bicyclic) bond motifs is 1. The number of amides is 1. The van der Waals surface area contributed by atoms with Crippen LogP contribution in [0.1, 0.15) is 36.5 Å². The second-order valence-electron chi connectivity index (χ2n) is 8.68. The molecular weight excluding hydrogens is 458 g/mol. The predicted molar refractivity (Wildman–Crippen MR) is 143 cm³/mol. The number of aryl methyl sites for hydroxylation is 1. The molecule has 0 aliphatic carbocycles. The Hall–Kier alpha value is -3.58. The number of hydrogen-bond donors (Lipinski definition) is 1. The van der Waals surface area contributed by atoms with E-state index in [9.17, 15) is 9.59 Å². The molecule has 4 rings (SSSR count). The van der Waals surface area contributed by atoms with Crippen molar-refractivity contribution in [3.05, 3.63) is 93.8 Å². The summed E-state index contributed by atoms with van der Waals surface area (Å²) in [4.78, 5) is 31.0. The molecule has 0 fully saturated rings. The van der Waals surface area contributed by atoms with Crippen LogP contribution in [0.15, 0.2) is 76.7 Å². The number of anilines is 1. The number of ether oxygens (including phenoxy) is 1. The molecule has 0 aliphatic heterocycles. The fourth-order valence-electron chi connectivity index (χ4n) is 3.96. The Bertz CT molecular complexity index is 1410. The van der Waals surface area contributed by atoms with Gasteiger partial charge in [0.05, 0.1) is 30.3 Å². The number of nitrogens with zero attached hydrogens (tertiary/aromatic N) is 2. The molecule has 7 heteroatoms. The van der Waals surface area contributed by atoms with E-state index >= 15 is 0 Å². The van der Waals surface area contributed by atoms with E-state index in [-0.39, 0.29) is 23.1 Å². The molecular formula is C28H29N3O3S. The molecule has 4 aromatic rings. The van der Waals surface area contributed by atoms with Crippen molar-refractivity contribution in [3.8, 4) is 5.75 Å². The number of thioether (sulfide) groups is 1. The lowest BCUT2D eigenvalue weighted by Crippen LogP contribution is -2.25. The summed E-state index contributed by atoms with van der Waals surface area (Å²) in [5, 5.41) is 4.14. The van der Waals surface area contributed by atoms with Crippen molar-refractivity contribution in [2.45, 2.75) is 38.4 Å². The Labute approximate surface area is 209 Å². The highest BCUT2D eigenvalue weighted by molar-refractivity contribution is 7.99. The Morgan fingerprint density at radius 2 is 1.80 bits per heavy atom. The first kappa shape index (κ1) is 24.5. The lowest BCUT2D eigenvalue weighted by Gasteiger charge is -2.17. The van der Waals surface area contributed by atoms with Gasteiger partial charge in [0, 0.05) is 5.69 Å². The van der Waals surface area contributed by atoms with Gasteiger partial charge in [-0.1, -0.05) is 68.1 Å². The number of methoxy groups -OCH3 is 1. The number of rotatable bonds is 8. The van der Waals surface area contributed by atoms with Gasteiger partial charge in [-0.15, -0.1) is 0 Å². The number of benzene rings is 3. The molecule has 0 bridgehead atoms. The van der Waals surface area contributed by atoms with Crippen molar-refractivity contribution in [2.24, 2.45) is 0 Å². The Kier molecular flexibility index (Phi) is 7.56. The summed E-state index contributed by atoms with van der Waals surface area (Å²) in [7, 11) is 1.62. The van der Waals surface area contributed by atoms with Gasteiger partial charge in [-0.2, -0.15) is 0 Å². The van der Waals surface area contributed by atoms with Gasteiger partial charge in [0.25, 0.3) is 5.56 Å². The number of aromatic nitrogens is 2. The molecule has 0 radical (unpaired) electrons. The normalized spacial score (nSPS) is 11.1. The zero-order chi connectivity index (χ0) is 24.9. The largest absolute Gasteiger partial charge is 0.497 e. The zero-order valence-corrected chi connectivity index (χ0v) is 21.2. The molecule has 1 N–H and O–H groups in total. The van der Waals surface area contributed by atoms with Gasteiger partial charge >= 0.3 is 0 Å². The maximum atomic E-state index is 13.4. The highest BCUT2D eigenvalue weighted by atomic mass is 32.2. The number of carbonyl (C=O) groups excluding carboxylic acids is 1. The minimum absolute atomic E-state index is 0.129. The molecule has 1 aromatic heterocycles. The van der Waals surface area contributed by atoms with Crippen LogP contribution in [-0.4, -0.2) is 28.3 Å². The number of hydrogen-bond acceptors (Lipinski definition) is 5. The third kappa shape index (κ3) is 5.57. The zero-order valence-electron chi connectivity index (χ0n) is 20.4. The first-order valence-corrected chi connectivity index (χ1v) is 12.5. The van der Waals surface area contributed by atoms with Crippen molar-refractivity contribution in [1.29, 1.82) is 0 Å². The van der Waals surface area contributed by atoms with E-state index in [0.717, 1.165) is 28.1 Å². The summed E-state index contributed by atoms with van der Waals surface area (Å²) in [5.41, 5.74) is 4.41. The van der Waals surface area contributed by atoms with Crippen LogP contribution in [-0.2, 0) is 11.3 Å². The van der Waals surface area contributed by atoms with Crippen molar-refractivity contribution < 1.29 is 9.53 Å². The lowest BCUT2D eigenvalue weighted by atomic mass is 9.98. The summed E-state index contributed by atoms with van der Waals surface area (Å²) in [6.07, 6.45) is 0. The van der Waals surface area contributed by atoms with Crippen LogP contribution in [0.5, 0.6) is 5.75 Å². The van der Waals surface area contributed by atoms with Crippen LogP contribution in [0, 0.1) is 6.92 Å². The average molecular weight is 488 g/mol. The molecule has 0 saturated carbocycles. The molecule has 0 spiro atoms. The minimum atomic E-state index is -0.135. The summed E-state index contributed by atoms with van der Waals surface area (Å²) in [6, 6.07) is 20.9. The van der Waals surface area contributed by atoms with Gasteiger partial charge in [0.15, 0.2) is 5.16 Å². The summed E-state index contributed by atoms with van der Waals surface area (Å²) < 4.78 is 6.87. The summed E-state index contributed by atoms with van der Waals surface area (Å²) >= 11 is 1.27. The number of carbonyl (C=O) groups is 1. The van der Waals surface area contributed by atoms with Gasteiger partial charge in [0.2, 0.25) is 5.91 Å². The molecule has 1 amide bonds. The smallest absolute Gasteiger partial charge is 0.262 e. The van der Waals surface area contributed by atoms with Crippen molar-refractivity contribution in [1.82, 2.24) is 9.55 Å². The summed E-state index contributed by atoms with van der Waals surface area (Å²) in [6.45, 7) is 6.55. The second-order valence-corrected chi connectivity index (χ2v) is 9.62. The van der Waals surface area contributed by atoms with E-state index in [4.69, 9.17) is 9.72 Å². The molecule has 3 aromatic carbocycles. The number of nitrogens with one attached hydrogen (secondary N) is 1. The van der Waals surface area contributed by atoms with Gasteiger partial charge in [-0.25, -0.2) is 4.98 Å². The Balaban J connectivity index is 1.61. The van der Waals surface area contributed by atoms with Crippen LogP contribution < -0.4 is 15.6 Å². The fourth-order valence-corrected chi connectivity index (χ4v) is 4.76. The predicted octanol–water partition coefficient (Wildman–Crippen LogP) is 5.62. The van der Waals surface area contributed by atoms with Gasteiger partial charge in [0.1, 0.15) is 5.75 Å². The summed E-state index contributed by atoms with van der Waals surface area (Å²) in [5.74, 6) is 1.04. The number of para-hydroxylation sites is 2. The highest BCUT2D eigenvalue weighted by Gasteiger charge is 2.16. The average Bonchev–Trinajstić information content (AvgIpc) is 2.86. The van der Waals surface area contributed by atoms with Crippen molar-refractivity contribution in [2.75, 3.05) is 18.2 Å². The fraction of sp³-hybridized carbons (Fsp3) is 0.250. The third-order valence-electron chi connectivity index (χ3n) is 5.85. The van der Waals surface area contributed by atoms with Crippen LogP contribution in [0.2, 0.25) is 0 Å². The topological polar surface area (TPSA) is 73.2 Å². The van der Waals surface area contributed by atoms with Crippen molar-refractivity contribution in [3.63, 3.8) is 0 Å². The first-order valence-electron chi connectivity index (χ1n) is 11.5. The first-order chi connectivity index (χ1) is 16.9. The van der Waals surface area contributed by atoms with E-state index in [0.29, 0.717) is 22.6 Å². The molecule has 0 saturated heterocycles. The Morgan fingerprint density at radius 1 is 1.06 bits per heavy atom. The van der Waals surface area contributed by atoms with Gasteiger partial charge < -0.3 is 10.1 Å². The molecule has 35 heavy (non-hydrogen) atoms. The van der Waals surface area contributed by atoms with Crippen LogP contribution >= 0.6 is 11.8 Å². The van der Waals surface area contributed by atoms with Crippen LogP contribution in [0.4, 0.5) is 5.69 Å². The van der Waals surface area contributed by atoms with E-state index in [1.807, 2.05) is 67.6 Å². The molecule has 0 atom stereocenters. The van der Waals surface area contributed by atoms with E-state index < -0.39 is 0 Å². The van der Waals surface area contributed by atoms with Crippen LogP contribution in [0.25, 0.3) is 10.9 Å². The molecule has 180 valence electrons. The maximum Gasteiger partial charge on any atom is 0.262 e. The lowest BCUT2D eigenvalue weighted by molar-refractivity contribution is -0.113. The monoisotopic (exact) mass is 487 g/mol. The third-order valence-corrected chi connectivity index (χ3v) is 6.83. The van der Waals surface area contributed by atoms with E-state index in [1.54, 1.807) is 17.7 Å². The second kappa shape index (κ2) is 10.8. The van der Waals surface area contributed by atoms with Crippen molar-refractivity contribution >= 4 is 34.3 Å². The van der Waals surface area contributed by atoms with Gasteiger partial charge in [-0.3, -0.25) is 14.2 Å². The van der Waals surface area contributed by atoms with E-state index in [2.05, 4.69) is 19.2 Å². The molecule has 1 heterocycles. The maximum absolute atomic E-state index is 13.4. The molecule has 6 nitrogen and oxygen atoms in total. The molecule has 0 aliphatic rings. The molecule has 0 unspecified atom stereocenters. The minimum Gasteiger partial charge on any atom is -0.497 e. The van der Waals surface area contributed by atoms with Crippen LogP contribution in [0.3, 0.4) is 0 Å². The van der Waals surface area contributed by atoms with E-state index in [1.165, 1.54) is 11.8 Å². The highest BCUT2D eigenvalue weighted by Crippen LogP contribution is 2.28. The quantitative estimate of drug-likeness (QED) is 0.258. The SMILES string of the molecule is COc1ccc(Cn2c(SCC(=O)Nc3c(C)cccc3C(C)C)nc3ccccc3c2=O)cc1. The Morgan fingerprint density at radius 3 is 2.51 bits per heavy atom. The standard InChI is InChI=1S/C28H29N3O3S/c1-18(2)22-10-7-8-19(3)26(22)30-25(32)17-35-28-29-24-11-6-5-9-23(24)27(33)31(28)16-20-12-14-21(34-4)15-13-20/h5-15,18H,16-17H2,1-4H3,(H,30,32).